The molecule has 0 bridgehead atoms. The Morgan fingerprint density at radius 2 is 1.48 bits per heavy atom. The Bertz CT molecular complexity index is 731. The predicted molar refractivity (Wildman–Crippen MR) is 82.6 cm³/mol. The van der Waals surface area contributed by atoms with Crippen LogP contribution >= 0.6 is 15.9 Å². The zero-order chi connectivity index (χ0) is 15.6. The van der Waals surface area contributed by atoms with Crippen LogP contribution in [-0.2, 0) is 5.33 Å². The number of hydrogen-bond acceptors (Lipinski definition) is 4. The van der Waals surface area contributed by atoms with Crippen molar-refractivity contribution in [2.75, 3.05) is 0 Å². The molecule has 0 aliphatic rings. The van der Waals surface area contributed by atoms with Gasteiger partial charge < -0.3 is 0 Å². The van der Waals surface area contributed by atoms with Crippen LogP contribution in [0.4, 0.5) is 11.4 Å². The van der Waals surface area contributed by atoms with Crippen LogP contribution in [0, 0.1) is 27.2 Å². The molecule has 0 saturated heterocycles. The van der Waals surface area contributed by atoms with Crippen LogP contribution in [-0.4, -0.2) is 9.85 Å². The van der Waals surface area contributed by atoms with Gasteiger partial charge in [-0.1, -0.05) is 40.2 Å². The molecule has 0 aliphatic carbocycles. The summed E-state index contributed by atoms with van der Waals surface area (Å²) >= 11 is 3.20. The van der Waals surface area contributed by atoms with E-state index in [4.69, 9.17) is 0 Å². The number of hydrogen-bond donors (Lipinski definition) is 0. The minimum absolute atomic E-state index is 0.000258. The van der Waals surface area contributed by atoms with Gasteiger partial charge in [-0.2, -0.15) is 0 Å². The molecule has 0 amide bonds. The lowest BCUT2D eigenvalue weighted by atomic mass is 10.0. The average molecular weight is 351 g/mol. The Morgan fingerprint density at radius 1 is 0.952 bits per heavy atom. The zero-order valence-electron chi connectivity index (χ0n) is 11.1. The van der Waals surface area contributed by atoms with Crippen molar-refractivity contribution < 1.29 is 9.85 Å². The molecule has 21 heavy (non-hydrogen) atoms. The maximum absolute atomic E-state index is 11.1. The van der Waals surface area contributed by atoms with Gasteiger partial charge in [0.2, 0.25) is 0 Å². The van der Waals surface area contributed by atoms with E-state index in [9.17, 15) is 20.2 Å². The fourth-order valence-corrected chi connectivity index (χ4v) is 2.49. The Balaban J connectivity index is 2.57. The molecular formula is C14H11BrN2O4. The number of nitro groups is 2. The second kappa shape index (κ2) is 6.01. The summed E-state index contributed by atoms with van der Waals surface area (Å²) in [4.78, 5) is 21.1. The largest absolute Gasteiger partial charge is 0.274 e. The summed E-state index contributed by atoms with van der Waals surface area (Å²) in [5.74, 6) is 0. The van der Waals surface area contributed by atoms with E-state index in [0.717, 1.165) is 0 Å². The van der Waals surface area contributed by atoms with Crippen molar-refractivity contribution in [1.29, 1.82) is 0 Å². The van der Waals surface area contributed by atoms with E-state index in [1.807, 2.05) is 0 Å². The van der Waals surface area contributed by atoms with E-state index < -0.39 is 9.85 Å². The van der Waals surface area contributed by atoms with Crippen LogP contribution in [0.5, 0.6) is 0 Å². The average Bonchev–Trinajstić information content (AvgIpc) is 2.46. The van der Waals surface area contributed by atoms with Crippen LogP contribution in [0.1, 0.15) is 11.1 Å². The van der Waals surface area contributed by atoms with Gasteiger partial charge in [-0.3, -0.25) is 20.2 Å². The molecule has 2 aromatic rings. The first-order valence-corrected chi connectivity index (χ1v) is 7.15. The minimum atomic E-state index is -0.458. The normalized spacial score (nSPS) is 10.4. The summed E-state index contributed by atoms with van der Waals surface area (Å²) in [7, 11) is 0. The van der Waals surface area contributed by atoms with E-state index in [2.05, 4.69) is 15.9 Å². The molecule has 0 heterocycles. The van der Waals surface area contributed by atoms with Crippen molar-refractivity contribution in [3.8, 4) is 11.1 Å². The number of nitro benzene ring substituents is 2. The van der Waals surface area contributed by atoms with Crippen molar-refractivity contribution in [2.45, 2.75) is 12.3 Å². The predicted octanol–water partition coefficient (Wildman–Crippen LogP) is 4.37. The molecule has 0 fully saturated rings. The molecule has 0 spiro atoms. The Kier molecular flexibility index (Phi) is 4.32. The summed E-state index contributed by atoms with van der Waals surface area (Å²) in [5.41, 5.74) is 2.26. The standard InChI is InChI=1S/C14H11BrN2O4/c1-9-2-3-10(6-13(9)16(18)19)11-4-5-12(8-15)14(7-11)17(20)21/h2-7H,8H2,1H3. The first-order chi connectivity index (χ1) is 9.93. The third-order valence-corrected chi connectivity index (χ3v) is 3.77. The highest BCUT2D eigenvalue weighted by molar-refractivity contribution is 9.08. The summed E-state index contributed by atoms with van der Waals surface area (Å²) in [6.45, 7) is 1.65. The summed E-state index contributed by atoms with van der Waals surface area (Å²) in [5, 5.41) is 22.4. The molecule has 0 aromatic heterocycles. The molecule has 0 atom stereocenters. The molecule has 108 valence electrons. The van der Waals surface area contributed by atoms with E-state index in [-0.39, 0.29) is 11.4 Å². The van der Waals surface area contributed by atoms with E-state index >= 15 is 0 Å². The highest BCUT2D eigenvalue weighted by Crippen LogP contribution is 2.31. The lowest BCUT2D eigenvalue weighted by Crippen LogP contribution is -1.95. The molecule has 0 N–H and O–H groups in total. The fraction of sp³-hybridized carbons (Fsp3) is 0.143. The van der Waals surface area contributed by atoms with Gasteiger partial charge in [-0.15, -0.1) is 0 Å². The van der Waals surface area contributed by atoms with Gasteiger partial charge in [0.15, 0.2) is 0 Å². The quantitative estimate of drug-likeness (QED) is 0.465. The number of aryl methyl sites for hydroxylation is 1. The maximum Gasteiger partial charge on any atom is 0.274 e. The molecule has 7 heteroatoms. The fourth-order valence-electron chi connectivity index (χ4n) is 2.01. The second-order valence-corrected chi connectivity index (χ2v) is 5.05. The van der Waals surface area contributed by atoms with Gasteiger partial charge in [0.1, 0.15) is 0 Å². The van der Waals surface area contributed by atoms with Gasteiger partial charge in [0, 0.05) is 28.6 Å². The number of rotatable bonds is 4. The van der Waals surface area contributed by atoms with Crippen molar-refractivity contribution in [2.24, 2.45) is 0 Å². The molecule has 2 aromatic carbocycles. The first-order valence-electron chi connectivity index (χ1n) is 6.02. The van der Waals surface area contributed by atoms with Crippen LogP contribution in [0.25, 0.3) is 11.1 Å². The van der Waals surface area contributed by atoms with Gasteiger partial charge >= 0.3 is 0 Å². The SMILES string of the molecule is Cc1ccc(-c2ccc(CBr)c([N+](=O)[O-])c2)cc1[N+](=O)[O-]. The number of benzene rings is 2. The third-order valence-electron chi connectivity index (χ3n) is 3.17. The Hall–Kier alpha value is -2.28. The molecule has 0 aliphatic heterocycles. The number of alkyl halides is 1. The van der Waals surface area contributed by atoms with E-state index in [1.165, 1.54) is 12.1 Å². The zero-order valence-corrected chi connectivity index (χ0v) is 12.7. The topological polar surface area (TPSA) is 86.3 Å². The number of halogens is 1. The van der Waals surface area contributed by atoms with Gasteiger partial charge in [-0.05, 0) is 18.1 Å². The van der Waals surface area contributed by atoms with Crippen LogP contribution in [0.3, 0.4) is 0 Å². The smallest absolute Gasteiger partial charge is 0.258 e. The molecular weight excluding hydrogens is 340 g/mol. The molecule has 0 unspecified atom stereocenters. The number of nitrogens with zero attached hydrogens (tertiary/aromatic N) is 2. The monoisotopic (exact) mass is 350 g/mol. The third kappa shape index (κ3) is 3.08. The van der Waals surface area contributed by atoms with Crippen LogP contribution in [0.2, 0.25) is 0 Å². The van der Waals surface area contributed by atoms with E-state index in [0.29, 0.717) is 27.6 Å². The van der Waals surface area contributed by atoms with Crippen LogP contribution in [0.15, 0.2) is 36.4 Å². The molecule has 0 radical (unpaired) electrons. The maximum atomic E-state index is 11.1. The first kappa shape index (κ1) is 15.1. The lowest BCUT2D eigenvalue weighted by Gasteiger charge is -2.06. The summed E-state index contributed by atoms with van der Waals surface area (Å²) in [6.07, 6.45) is 0. The molecule has 2 rings (SSSR count). The Morgan fingerprint density at radius 3 is 2.00 bits per heavy atom. The Labute approximate surface area is 128 Å². The second-order valence-electron chi connectivity index (χ2n) is 4.49. The van der Waals surface area contributed by atoms with Crippen molar-refractivity contribution in [1.82, 2.24) is 0 Å². The highest BCUT2D eigenvalue weighted by Gasteiger charge is 2.16. The van der Waals surface area contributed by atoms with Gasteiger partial charge in [-0.25, -0.2) is 0 Å². The van der Waals surface area contributed by atoms with E-state index in [1.54, 1.807) is 31.2 Å². The summed E-state index contributed by atoms with van der Waals surface area (Å²) in [6, 6.07) is 9.59. The van der Waals surface area contributed by atoms with Crippen molar-refractivity contribution in [3.63, 3.8) is 0 Å². The molecule has 0 saturated carbocycles. The van der Waals surface area contributed by atoms with Crippen molar-refractivity contribution in [3.05, 3.63) is 67.8 Å². The van der Waals surface area contributed by atoms with Crippen LogP contribution < -0.4 is 0 Å². The lowest BCUT2D eigenvalue weighted by molar-refractivity contribution is -0.385. The van der Waals surface area contributed by atoms with Crippen molar-refractivity contribution >= 4 is 27.3 Å². The minimum Gasteiger partial charge on any atom is -0.258 e. The molecule has 6 nitrogen and oxygen atoms in total. The summed E-state index contributed by atoms with van der Waals surface area (Å²) < 4.78 is 0. The van der Waals surface area contributed by atoms with Gasteiger partial charge in [0.25, 0.3) is 11.4 Å². The van der Waals surface area contributed by atoms with Gasteiger partial charge in [0.05, 0.1) is 9.85 Å². The highest BCUT2D eigenvalue weighted by atomic mass is 79.9.